The van der Waals surface area contributed by atoms with Crippen LogP contribution in [0.25, 0.3) is 0 Å². The Bertz CT molecular complexity index is 728. The molecule has 5 nitrogen and oxygen atoms in total. The van der Waals surface area contributed by atoms with E-state index in [1.807, 2.05) is 37.3 Å². The lowest BCUT2D eigenvalue weighted by molar-refractivity contribution is -0.140. The molecule has 138 valence electrons. The van der Waals surface area contributed by atoms with E-state index < -0.39 is 17.4 Å². The van der Waals surface area contributed by atoms with Crippen LogP contribution in [0, 0.1) is 5.82 Å². The van der Waals surface area contributed by atoms with Crippen LogP contribution in [0.5, 0.6) is 0 Å². The molecule has 0 aliphatic heterocycles. The zero-order chi connectivity index (χ0) is 19.0. The van der Waals surface area contributed by atoms with Gasteiger partial charge in [-0.15, -0.1) is 0 Å². The highest BCUT2D eigenvalue weighted by atomic mass is 19.1. The van der Waals surface area contributed by atoms with Gasteiger partial charge < -0.3 is 15.4 Å². The monoisotopic (exact) mass is 358 g/mol. The Kier molecular flexibility index (Phi) is 6.86. The third-order valence-electron chi connectivity index (χ3n) is 4.37. The van der Waals surface area contributed by atoms with Gasteiger partial charge in [-0.2, -0.15) is 0 Å². The predicted octanol–water partition coefficient (Wildman–Crippen LogP) is 2.51. The van der Waals surface area contributed by atoms with Crippen LogP contribution in [0.4, 0.5) is 4.39 Å². The van der Waals surface area contributed by atoms with Crippen LogP contribution in [-0.4, -0.2) is 25.5 Å². The van der Waals surface area contributed by atoms with Gasteiger partial charge in [-0.1, -0.05) is 49.4 Å². The first-order chi connectivity index (χ1) is 12.5. The van der Waals surface area contributed by atoms with E-state index >= 15 is 0 Å². The molecule has 0 saturated heterocycles. The third-order valence-corrected chi connectivity index (χ3v) is 4.37. The number of ether oxygens (including phenoxy) is 1. The average Bonchev–Trinajstić information content (AvgIpc) is 2.69. The van der Waals surface area contributed by atoms with Gasteiger partial charge in [0.05, 0.1) is 6.54 Å². The molecular formula is C20H23FN2O3. The van der Waals surface area contributed by atoms with Crippen molar-refractivity contribution in [2.75, 3.05) is 13.7 Å². The molecule has 0 heterocycles. The maximum absolute atomic E-state index is 12.9. The number of amides is 2. The van der Waals surface area contributed by atoms with Crippen molar-refractivity contribution in [2.45, 2.75) is 25.5 Å². The molecule has 2 aromatic carbocycles. The first kappa shape index (κ1) is 19.6. The van der Waals surface area contributed by atoms with Crippen LogP contribution in [0.3, 0.4) is 0 Å². The van der Waals surface area contributed by atoms with E-state index in [4.69, 9.17) is 4.74 Å². The minimum Gasteiger partial charge on any atom is -0.372 e. The lowest BCUT2D eigenvalue weighted by atomic mass is 9.90. The summed E-state index contributed by atoms with van der Waals surface area (Å²) in [6.45, 7) is 2.28. The second-order valence-electron chi connectivity index (χ2n) is 5.91. The number of carbonyl (C=O) groups excluding carboxylic acids is 2. The Morgan fingerprint density at radius 3 is 2.19 bits per heavy atom. The first-order valence-corrected chi connectivity index (χ1v) is 8.42. The fourth-order valence-electron chi connectivity index (χ4n) is 2.68. The molecule has 0 aliphatic carbocycles. The number of halogens is 1. The van der Waals surface area contributed by atoms with Gasteiger partial charge in [0.15, 0.2) is 0 Å². The van der Waals surface area contributed by atoms with Crippen molar-refractivity contribution in [1.82, 2.24) is 10.6 Å². The van der Waals surface area contributed by atoms with E-state index in [9.17, 15) is 14.0 Å². The molecule has 0 aliphatic rings. The molecule has 0 saturated carbocycles. The fraction of sp³-hybridized carbons (Fsp3) is 0.300. The molecule has 2 rings (SSSR count). The van der Waals surface area contributed by atoms with Crippen molar-refractivity contribution < 1.29 is 18.7 Å². The summed E-state index contributed by atoms with van der Waals surface area (Å²) >= 11 is 0. The Hall–Kier alpha value is -2.73. The molecule has 2 aromatic rings. The van der Waals surface area contributed by atoms with Crippen molar-refractivity contribution in [1.29, 1.82) is 0 Å². The van der Waals surface area contributed by atoms with Gasteiger partial charge in [0, 0.05) is 13.7 Å². The zero-order valence-electron chi connectivity index (χ0n) is 14.9. The van der Waals surface area contributed by atoms with Gasteiger partial charge in [0.1, 0.15) is 11.4 Å². The van der Waals surface area contributed by atoms with Crippen LogP contribution in [0.15, 0.2) is 54.6 Å². The van der Waals surface area contributed by atoms with Crippen LogP contribution < -0.4 is 10.6 Å². The summed E-state index contributed by atoms with van der Waals surface area (Å²) in [6.07, 6.45) is 0.630. The van der Waals surface area contributed by atoms with Gasteiger partial charge >= 0.3 is 11.8 Å². The summed E-state index contributed by atoms with van der Waals surface area (Å²) in [6, 6.07) is 15.3. The average molecular weight is 358 g/mol. The quantitative estimate of drug-likeness (QED) is 0.748. The van der Waals surface area contributed by atoms with Crippen LogP contribution >= 0.6 is 0 Å². The first-order valence-electron chi connectivity index (χ1n) is 8.42. The van der Waals surface area contributed by atoms with Gasteiger partial charge in [0.2, 0.25) is 0 Å². The smallest absolute Gasteiger partial charge is 0.309 e. The number of carbonyl (C=O) groups is 2. The zero-order valence-corrected chi connectivity index (χ0v) is 14.9. The third kappa shape index (κ3) is 4.89. The standard InChI is InChI=1S/C20H23FN2O3/c1-3-20(26-2,16-7-5-4-6-8-16)14-23-19(25)18(24)22-13-15-9-11-17(21)12-10-15/h4-12H,3,13-14H2,1-2H3,(H,22,24)(H,23,25). The van der Waals surface area contributed by atoms with Crippen LogP contribution in [-0.2, 0) is 26.5 Å². The summed E-state index contributed by atoms with van der Waals surface area (Å²) < 4.78 is 18.5. The molecule has 1 unspecified atom stereocenters. The SMILES string of the molecule is CCC(CNC(=O)C(=O)NCc1ccc(F)cc1)(OC)c1ccccc1. The second-order valence-corrected chi connectivity index (χ2v) is 5.91. The van der Waals surface area contributed by atoms with Crippen molar-refractivity contribution in [3.63, 3.8) is 0 Å². The molecule has 1 atom stereocenters. The lowest BCUT2D eigenvalue weighted by Crippen LogP contribution is -2.46. The Morgan fingerprint density at radius 2 is 1.62 bits per heavy atom. The van der Waals surface area contributed by atoms with Gasteiger partial charge in [-0.3, -0.25) is 9.59 Å². The number of benzene rings is 2. The molecule has 0 spiro atoms. The largest absolute Gasteiger partial charge is 0.372 e. The minimum atomic E-state index is -0.747. The van der Waals surface area contributed by atoms with E-state index in [1.54, 1.807) is 19.2 Å². The number of hydrogen-bond donors (Lipinski definition) is 2. The molecule has 6 heteroatoms. The molecule has 0 aromatic heterocycles. The molecule has 0 bridgehead atoms. The molecule has 0 fully saturated rings. The number of methoxy groups -OCH3 is 1. The number of nitrogens with one attached hydrogen (secondary N) is 2. The van der Waals surface area contributed by atoms with E-state index in [0.29, 0.717) is 12.0 Å². The number of rotatable bonds is 7. The highest BCUT2D eigenvalue weighted by Crippen LogP contribution is 2.27. The highest BCUT2D eigenvalue weighted by molar-refractivity contribution is 6.35. The normalized spacial score (nSPS) is 12.9. The van der Waals surface area contributed by atoms with E-state index in [2.05, 4.69) is 10.6 Å². The Balaban J connectivity index is 1.93. The fourth-order valence-corrected chi connectivity index (χ4v) is 2.68. The predicted molar refractivity (Wildman–Crippen MR) is 96.7 cm³/mol. The molecular weight excluding hydrogens is 335 g/mol. The van der Waals surface area contributed by atoms with Gasteiger partial charge in [-0.25, -0.2) is 4.39 Å². The number of hydrogen-bond acceptors (Lipinski definition) is 3. The van der Waals surface area contributed by atoms with E-state index in [-0.39, 0.29) is 18.9 Å². The summed E-state index contributed by atoms with van der Waals surface area (Å²) in [7, 11) is 1.58. The van der Waals surface area contributed by atoms with Gasteiger partial charge in [-0.05, 0) is 29.7 Å². The molecule has 26 heavy (non-hydrogen) atoms. The van der Waals surface area contributed by atoms with Crippen molar-refractivity contribution >= 4 is 11.8 Å². The lowest BCUT2D eigenvalue weighted by Gasteiger charge is -2.32. The second kappa shape index (κ2) is 9.10. The van der Waals surface area contributed by atoms with E-state index in [1.165, 1.54) is 12.1 Å². The summed E-state index contributed by atoms with van der Waals surface area (Å²) in [4.78, 5) is 24.1. The molecule has 2 N–H and O–H groups in total. The molecule has 2 amide bonds. The summed E-state index contributed by atoms with van der Waals surface area (Å²) in [5.74, 6) is -1.84. The van der Waals surface area contributed by atoms with Crippen molar-refractivity contribution in [2.24, 2.45) is 0 Å². The maximum atomic E-state index is 12.9. The minimum absolute atomic E-state index is 0.147. The topological polar surface area (TPSA) is 67.4 Å². The van der Waals surface area contributed by atoms with Crippen LogP contribution in [0.2, 0.25) is 0 Å². The Morgan fingerprint density at radius 1 is 1.00 bits per heavy atom. The Labute approximate surface area is 152 Å². The molecule has 0 radical (unpaired) electrons. The van der Waals surface area contributed by atoms with Gasteiger partial charge in [0.25, 0.3) is 0 Å². The van der Waals surface area contributed by atoms with Crippen molar-refractivity contribution in [3.8, 4) is 0 Å². The van der Waals surface area contributed by atoms with Crippen molar-refractivity contribution in [3.05, 3.63) is 71.5 Å². The highest BCUT2D eigenvalue weighted by Gasteiger charge is 2.31. The van der Waals surface area contributed by atoms with E-state index in [0.717, 1.165) is 5.56 Å². The summed E-state index contributed by atoms with van der Waals surface area (Å²) in [5.41, 5.74) is 0.933. The summed E-state index contributed by atoms with van der Waals surface area (Å²) in [5, 5.41) is 5.15. The van der Waals surface area contributed by atoms with Crippen LogP contribution in [0.1, 0.15) is 24.5 Å². The maximum Gasteiger partial charge on any atom is 0.309 e.